The number of nitrogens with zero attached hydrogens (tertiary/aromatic N) is 2. The first-order chi connectivity index (χ1) is 8.90. The van der Waals surface area contributed by atoms with Gasteiger partial charge in [-0.1, -0.05) is 25.3 Å². The SMILES string of the molecule is N#CC1CCCCCC1OCCc1ccccn1. The zero-order valence-corrected chi connectivity index (χ0v) is 10.7. The topological polar surface area (TPSA) is 45.9 Å². The van der Waals surface area contributed by atoms with Crippen LogP contribution >= 0.6 is 0 Å². The lowest BCUT2D eigenvalue weighted by Gasteiger charge is -2.19. The van der Waals surface area contributed by atoms with Crippen LogP contribution in [0, 0.1) is 17.2 Å². The molecule has 1 saturated carbocycles. The van der Waals surface area contributed by atoms with E-state index in [2.05, 4.69) is 11.1 Å². The number of hydrogen-bond acceptors (Lipinski definition) is 3. The summed E-state index contributed by atoms with van der Waals surface area (Å²) >= 11 is 0. The first kappa shape index (κ1) is 13.0. The minimum Gasteiger partial charge on any atom is -0.376 e. The van der Waals surface area contributed by atoms with E-state index in [0.29, 0.717) is 6.61 Å². The van der Waals surface area contributed by atoms with Crippen molar-refractivity contribution in [3.8, 4) is 6.07 Å². The van der Waals surface area contributed by atoms with Crippen molar-refractivity contribution in [2.45, 2.75) is 44.6 Å². The normalized spacial score (nSPS) is 24.2. The van der Waals surface area contributed by atoms with Gasteiger partial charge >= 0.3 is 0 Å². The average Bonchev–Trinajstić information content (AvgIpc) is 2.65. The van der Waals surface area contributed by atoms with Gasteiger partial charge in [0.1, 0.15) is 0 Å². The maximum atomic E-state index is 9.16. The summed E-state index contributed by atoms with van der Waals surface area (Å²) < 4.78 is 5.91. The molecule has 0 aromatic carbocycles. The Bertz CT molecular complexity index is 385. The number of aromatic nitrogens is 1. The molecular weight excluding hydrogens is 224 g/mol. The molecule has 1 aromatic rings. The van der Waals surface area contributed by atoms with Gasteiger partial charge in [0, 0.05) is 18.3 Å². The Morgan fingerprint density at radius 2 is 2.17 bits per heavy atom. The predicted octanol–water partition coefficient (Wildman–Crippen LogP) is 3.11. The van der Waals surface area contributed by atoms with Crippen LogP contribution in [0.5, 0.6) is 0 Å². The summed E-state index contributed by atoms with van der Waals surface area (Å²) in [5.74, 6) is 0.0798. The van der Waals surface area contributed by atoms with Gasteiger partial charge in [0.15, 0.2) is 0 Å². The van der Waals surface area contributed by atoms with Crippen LogP contribution in [0.25, 0.3) is 0 Å². The van der Waals surface area contributed by atoms with Crippen molar-refractivity contribution < 1.29 is 4.74 Å². The monoisotopic (exact) mass is 244 g/mol. The minimum absolute atomic E-state index is 0.0798. The van der Waals surface area contributed by atoms with Crippen LogP contribution < -0.4 is 0 Å². The second-order valence-corrected chi connectivity index (χ2v) is 4.85. The highest BCUT2D eigenvalue weighted by Crippen LogP contribution is 2.25. The van der Waals surface area contributed by atoms with E-state index in [-0.39, 0.29) is 12.0 Å². The summed E-state index contributed by atoms with van der Waals surface area (Å²) in [5.41, 5.74) is 1.06. The van der Waals surface area contributed by atoms with Gasteiger partial charge in [-0.2, -0.15) is 5.26 Å². The van der Waals surface area contributed by atoms with E-state index in [0.717, 1.165) is 25.0 Å². The maximum absolute atomic E-state index is 9.16. The van der Waals surface area contributed by atoms with Crippen LogP contribution in [-0.2, 0) is 11.2 Å². The summed E-state index contributed by atoms with van der Waals surface area (Å²) in [6.45, 7) is 0.667. The summed E-state index contributed by atoms with van der Waals surface area (Å²) in [4.78, 5) is 4.27. The van der Waals surface area contributed by atoms with E-state index in [1.165, 1.54) is 19.3 Å². The number of rotatable bonds is 4. The van der Waals surface area contributed by atoms with Gasteiger partial charge < -0.3 is 4.74 Å². The molecule has 2 atom stereocenters. The number of pyridine rings is 1. The van der Waals surface area contributed by atoms with E-state index >= 15 is 0 Å². The Balaban J connectivity index is 1.79. The lowest BCUT2D eigenvalue weighted by atomic mass is 9.99. The van der Waals surface area contributed by atoms with E-state index in [1.54, 1.807) is 6.20 Å². The van der Waals surface area contributed by atoms with Crippen molar-refractivity contribution in [1.29, 1.82) is 5.26 Å². The lowest BCUT2D eigenvalue weighted by Crippen LogP contribution is -2.23. The molecule has 3 nitrogen and oxygen atoms in total. The first-order valence-electron chi connectivity index (χ1n) is 6.81. The Morgan fingerprint density at radius 1 is 1.28 bits per heavy atom. The zero-order valence-electron chi connectivity index (χ0n) is 10.7. The molecule has 0 N–H and O–H groups in total. The van der Waals surface area contributed by atoms with Crippen molar-refractivity contribution in [2.75, 3.05) is 6.61 Å². The fourth-order valence-electron chi connectivity index (χ4n) is 2.48. The smallest absolute Gasteiger partial charge is 0.0733 e. The van der Waals surface area contributed by atoms with E-state index in [4.69, 9.17) is 10.00 Å². The van der Waals surface area contributed by atoms with Crippen molar-refractivity contribution in [3.05, 3.63) is 30.1 Å². The fourth-order valence-corrected chi connectivity index (χ4v) is 2.48. The van der Waals surface area contributed by atoms with Crippen LogP contribution in [0.4, 0.5) is 0 Å². The molecule has 2 rings (SSSR count). The third-order valence-corrected chi connectivity index (χ3v) is 3.53. The van der Waals surface area contributed by atoms with Gasteiger partial charge in [0.05, 0.1) is 24.7 Å². The molecule has 0 aliphatic heterocycles. The van der Waals surface area contributed by atoms with Gasteiger partial charge in [0.2, 0.25) is 0 Å². The fraction of sp³-hybridized carbons (Fsp3) is 0.600. The van der Waals surface area contributed by atoms with Crippen LogP contribution in [0.3, 0.4) is 0 Å². The molecule has 0 spiro atoms. The summed E-state index contributed by atoms with van der Waals surface area (Å²) in [5, 5.41) is 9.16. The summed E-state index contributed by atoms with van der Waals surface area (Å²) in [6, 6.07) is 8.32. The molecule has 1 heterocycles. The average molecular weight is 244 g/mol. The minimum atomic E-state index is 0.0798. The van der Waals surface area contributed by atoms with Crippen molar-refractivity contribution >= 4 is 0 Å². The molecule has 3 heteroatoms. The maximum Gasteiger partial charge on any atom is 0.0733 e. The van der Waals surface area contributed by atoms with Crippen molar-refractivity contribution in [1.82, 2.24) is 4.98 Å². The zero-order chi connectivity index (χ0) is 12.6. The van der Waals surface area contributed by atoms with Crippen LogP contribution in [-0.4, -0.2) is 17.7 Å². The molecule has 0 saturated heterocycles. The lowest BCUT2D eigenvalue weighted by molar-refractivity contribution is 0.0248. The third-order valence-electron chi connectivity index (χ3n) is 3.53. The van der Waals surface area contributed by atoms with Gasteiger partial charge in [-0.3, -0.25) is 4.98 Å². The first-order valence-corrected chi connectivity index (χ1v) is 6.81. The second kappa shape index (κ2) is 7.13. The summed E-state index contributed by atoms with van der Waals surface area (Å²) in [7, 11) is 0. The molecule has 1 aromatic heterocycles. The Morgan fingerprint density at radius 3 is 2.94 bits per heavy atom. The third kappa shape index (κ3) is 3.82. The van der Waals surface area contributed by atoms with E-state index in [9.17, 15) is 0 Å². The molecule has 0 amide bonds. The Hall–Kier alpha value is -1.40. The molecule has 0 radical (unpaired) electrons. The quantitative estimate of drug-likeness (QED) is 0.764. The number of nitriles is 1. The molecule has 2 unspecified atom stereocenters. The number of ether oxygens (including phenoxy) is 1. The van der Waals surface area contributed by atoms with Crippen LogP contribution in [0.15, 0.2) is 24.4 Å². The van der Waals surface area contributed by atoms with Crippen LogP contribution in [0.2, 0.25) is 0 Å². The largest absolute Gasteiger partial charge is 0.376 e. The van der Waals surface area contributed by atoms with Crippen LogP contribution in [0.1, 0.15) is 37.8 Å². The highest BCUT2D eigenvalue weighted by atomic mass is 16.5. The van der Waals surface area contributed by atoms with Gasteiger partial charge in [0.25, 0.3) is 0 Å². The van der Waals surface area contributed by atoms with Gasteiger partial charge in [-0.15, -0.1) is 0 Å². The molecule has 18 heavy (non-hydrogen) atoms. The molecule has 1 aliphatic carbocycles. The summed E-state index contributed by atoms with van der Waals surface area (Å²) in [6.07, 6.45) is 8.37. The molecular formula is C15H20N2O. The highest BCUT2D eigenvalue weighted by molar-refractivity contribution is 5.03. The highest BCUT2D eigenvalue weighted by Gasteiger charge is 2.23. The molecule has 96 valence electrons. The van der Waals surface area contributed by atoms with E-state index in [1.807, 2.05) is 18.2 Å². The predicted molar refractivity (Wildman–Crippen MR) is 69.9 cm³/mol. The van der Waals surface area contributed by atoms with Crippen molar-refractivity contribution in [2.24, 2.45) is 5.92 Å². The van der Waals surface area contributed by atoms with Gasteiger partial charge in [-0.05, 0) is 25.0 Å². The van der Waals surface area contributed by atoms with Gasteiger partial charge in [-0.25, -0.2) is 0 Å². The Kier molecular flexibility index (Phi) is 5.16. The molecule has 1 fully saturated rings. The van der Waals surface area contributed by atoms with Crippen molar-refractivity contribution in [3.63, 3.8) is 0 Å². The number of hydrogen-bond donors (Lipinski definition) is 0. The standard InChI is InChI=1S/C15H20N2O/c16-12-13-6-2-1-3-8-15(13)18-11-9-14-7-4-5-10-17-14/h4-5,7,10,13,15H,1-3,6,8-9,11H2. The second-order valence-electron chi connectivity index (χ2n) is 4.85. The molecule has 1 aliphatic rings. The van der Waals surface area contributed by atoms with E-state index < -0.39 is 0 Å². The molecule has 0 bridgehead atoms. The Labute approximate surface area is 109 Å².